The van der Waals surface area contributed by atoms with E-state index in [1.807, 2.05) is 24.4 Å². The van der Waals surface area contributed by atoms with Gasteiger partial charge in [0.1, 0.15) is 11.8 Å². The van der Waals surface area contributed by atoms with Crippen LogP contribution in [0.2, 0.25) is 0 Å². The second-order valence-electron chi connectivity index (χ2n) is 5.08. The first-order valence-corrected chi connectivity index (χ1v) is 7.70. The monoisotopic (exact) mass is 307 g/mol. The number of aromatic nitrogens is 1. The van der Waals surface area contributed by atoms with Crippen molar-refractivity contribution in [3.05, 3.63) is 29.0 Å². The minimum atomic E-state index is -0.809. The van der Waals surface area contributed by atoms with Crippen molar-refractivity contribution in [3.63, 3.8) is 0 Å². The summed E-state index contributed by atoms with van der Waals surface area (Å²) in [6.45, 7) is 4.48. The SMILES string of the molecule is Cc1oc(-c2cccs2)nc1CN1CCNC(C(=O)O)C1. The Labute approximate surface area is 126 Å². The maximum atomic E-state index is 11.1. The summed E-state index contributed by atoms with van der Waals surface area (Å²) in [5.41, 5.74) is 0.879. The van der Waals surface area contributed by atoms with Crippen molar-refractivity contribution >= 4 is 17.3 Å². The number of piperazine rings is 1. The van der Waals surface area contributed by atoms with Crippen LogP contribution in [0.4, 0.5) is 0 Å². The van der Waals surface area contributed by atoms with Gasteiger partial charge in [0.25, 0.3) is 0 Å². The molecule has 2 N–H and O–H groups in total. The predicted molar refractivity (Wildman–Crippen MR) is 79.3 cm³/mol. The van der Waals surface area contributed by atoms with Gasteiger partial charge in [-0.3, -0.25) is 9.69 Å². The quantitative estimate of drug-likeness (QED) is 0.892. The van der Waals surface area contributed by atoms with Gasteiger partial charge in [-0.1, -0.05) is 6.07 Å². The van der Waals surface area contributed by atoms with E-state index in [1.165, 1.54) is 0 Å². The number of carbonyl (C=O) groups is 1. The lowest BCUT2D eigenvalue weighted by Crippen LogP contribution is -2.53. The van der Waals surface area contributed by atoms with Crippen molar-refractivity contribution in [1.82, 2.24) is 15.2 Å². The van der Waals surface area contributed by atoms with Crippen LogP contribution in [0.1, 0.15) is 11.5 Å². The first-order valence-electron chi connectivity index (χ1n) is 6.82. The summed E-state index contributed by atoms with van der Waals surface area (Å²) >= 11 is 1.59. The molecule has 0 aliphatic carbocycles. The maximum absolute atomic E-state index is 11.1. The van der Waals surface area contributed by atoms with E-state index in [1.54, 1.807) is 11.3 Å². The van der Waals surface area contributed by atoms with Gasteiger partial charge in [-0.15, -0.1) is 11.3 Å². The molecule has 1 saturated heterocycles. The zero-order valence-corrected chi connectivity index (χ0v) is 12.5. The third-order valence-corrected chi connectivity index (χ3v) is 4.41. The lowest BCUT2D eigenvalue weighted by Gasteiger charge is -2.30. The third-order valence-electron chi connectivity index (χ3n) is 3.56. The lowest BCUT2D eigenvalue weighted by molar-refractivity contribution is -0.140. The summed E-state index contributed by atoms with van der Waals surface area (Å²) in [5, 5.41) is 14.1. The van der Waals surface area contributed by atoms with Crippen molar-refractivity contribution < 1.29 is 14.3 Å². The van der Waals surface area contributed by atoms with Gasteiger partial charge >= 0.3 is 5.97 Å². The van der Waals surface area contributed by atoms with Gasteiger partial charge in [0, 0.05) is 26.2 Å². The molecule has 0 radical (unpaired) electrons. The average Bonchev–Trinajstić information content (AvgIpc) is 3.10. The van der Waals surface area contributed by atoms with Crippen LogP contribution in [0.3, 0.4) is 0 Å². The smallest absolute Gasteiger partial charge is 0.322 e. The molecule has 6 nitrogen and oxygen atoms in total. The van der Waals surface area contributed by atoms with Crippen LogP contribution in [0.5, 0.6) is 0 Å². The molecule has 112 valence electrons. The average molecular weight is 307 g/mol. The Morgan fingerprint density at radius 3 is 3.24 bits per heavy atom. The zero-order chi connectivity index (χ0) is 14.8. The molecule has 0 bridgehead atoms. The highest BCUT2D eigenvalue weighted by Crippen LogP contribution is 2.26. The van der Waals surface area contributed by atoms with E-state index < -0.39 is 12.0 Å². The highest BCUT2D eigenvalue weighted by molar-refractivity contribution is 7.13. The normalized spacial score (nSPS) is 19.8. The Bertz CT molecular complexity index is 623. The van der Waals surface area contributed by atoms with Gasteiger partial charge in [0.05, 0.1) is 10.6 Å². The van der Waals surface area contributed by atoms with E-state index in [0.717, 1.165) is 22.9 Å². The molecule has 1 aliphatic rings. The highest BCUT2D eigenvalue weighted by Gasteiger charge is 2.26. The van der Waals surface area contributed by atoms with Gasteiger partial charge in [0.2, 0.25) is 5.89 Å². The molecule has 0 spiro atoms. The number of thiophene rings is 1. The number of aliphatic carboxylic acids is 1. The van der Waals surface area contributed by atoms with E-state index in [-0.39, 0.29) is 0 Å². The molecular weight excluding hydrogens is 290 g/mol. The van der Waals surface area contributed by atoms with E-state index in [2.05, 4.69) is 15.2 Å². The first kappa shape index (κ1) is 14.2. The number of aryl methyl sites for hydroxylation is 1. The molecule has 1 unspecified atom stereocenters. The van der Waals surface area contributed by atoms with Crippen molar-refractivity contribution in [2.24, 2.45) is 0 Å². The van der Waals surface area contributed by atoms with Crippen LogP contribution >= 0.6 is 11.3 Å². The number of carboxylic acid groups (broad SMARTS) is 1. The molecule has 0 aromatic carbocycles. The fourth-order valence-corrected chi connectivity index (χ4v) is 3.06. The number of oxazole rings is 1. The molecule has 0 saturated carbocycles. The Morgan fingerprint density at radius 2 is 2.52 bits per heavy atom. The van der Waals surface area contributed by atoms with Crippen LogP contribution in [0, 0.1) is 6.92 Å². The number of carboxylic acids is 1. The molecular formula is C14H17N3O3S. The number of hydrogen-bond donors (Lipinski definition) is 2. The Morgan fingerprint density at radius 1 is 1.67 bits per heavy atom. The fourth-order valence-electron chi connectivity index (χ4n) is 2.41. The van der Waals surface area contributed by atoms with Gasteiger partial charge in [-0.25, -0.2) is 4.98 Å². The third kappa shape index (κ3) is 3.15. The van der Waals surface area contributed by atoms with E-state index >= 15 is 0 Å². The molecule has 1 fully saturated rings. The standard InChI is InChI=1S/C14H17N3O3S/c1-9-10(16-13(20-9)12-3-2-6-21-12)7-17-5-4-15-11(8-17)14(18)19/h2-3,6,11,15H,4-5,7-8H2,1H3,(H,18,19). The first-order chi connectivity index (χ1) is 10.1. The summed E-state index contributed by atoms with van der Waals surface area (Å²) < 4.78 is 5.72. The van der Waals surface area contributed by atoms with Gasteiger partial charge < -0.3 is 14.8 Å². The molecule has 1 atom stereocenters. The minimum Gasteiger partial charge on any atom is -0.480 e. The van der Waals surface area contributed by atoms with Crippen LogP contribution < -0.4 is 5.32 Å². The molecule has 3 heterocycles. The number of hydrogen-bond acceptors (Lipinski definition) is 6. The van der Waals surface area contributed by atoms with Gasteiger partial charge in [0.15, 0.2) is 0 Å². The molecule has 2 aromatic heterocycles. The Kier molecular flexibility index (Phi) is 4.05. The van der Waals surface area contributed by atoms with Crippen LogP contribution in [-0.2, 0) is 11.3 Å². The van der Waals surface area contributed by atoms with Gasteiger partial charge in [-0.05, 0) is 18.4 Å². The summed E-state index contributed by atoms with van der Waals surface area (Å²) in [6, 6.07) is 3.43. The topological polar surface area (TPSA) is 78.6 Å². The summed E-state index contributed by atoms with van der Waals surface area (Å²) in [5.74, 6) is 0.627. The van der Waals surface area contributed by atoms with Crippen molar-refractivity contribution in [1.29, 1.82) is 0 Å². The Balaban J connectivity index is 1.71. The molecule has 2 aromatic rings. The summed E-state index contributed by atoms with van der Waals surface area (Å²) in [6.07, 6.45) is 0. The van der Waals surface area contributed by atoms with E-state index in [4.69, 9.17) is 9.52 Å². The number of rotatable bonds is 4. The molecule has 0 amide bonds. The van der Waals surface area contributed by atoms with Crippen molar-refractivity contribution in [2.75, 3.05) is 19.6 Å². The highest BCUT2D eigenvalue weighted by atomic mass is 32.1. The minimum absolute atomic E-state index is 0.482. The van der Waals surface area contributed by atoms with Crippen molar-refractivity contribution in [2.45, 2.75) is 19.5 Å². The largest absolute Gasteiger partial charge is 0.480 e. The molecule has 3 rings (SSSR count). The second-order valence-corrected chi connectivity index (χ2v) is 6.03. The van der Waals surface area contributed by atoms with E-state index in [0.29, 0.717) is 25.5 Å². The number of nitrogens with zero attached hydrogens (tertiary/aromatic N) is 2. The predicted octanol–water partition coefficient (Wildman–Crippen LogP) is 1.57. The molecule has 21 heavy (non-hydrogen) atoms. The Hall–Kier alpha value is -1.70. The van der Waals surface area contributed by atoms with Crippen LogP contribution in [0.15, 0.2) is 21.9 Å². The summed E-state index contributed by atoms with van der Waals surface area (Å²) in [7, 11) is 0. The second kappa shape index (κ2) is 5.97. The van der Waals surface area contributed by atoms with Crippen molar-refractivity contribution in [3.8, 4) is 10.8 Å². The molecule has 7 heteroatoms. The fraction of sp³-hybridized carbons (Fsp3) is 0.429. The molecule has 1 aliphatic heterocycles. The zero-order valence-electron chi connectivity index (χ0n) is 11.7. The van der Waals surface area contributed by atoms with Crippen LogP contribution in [0.25, 0.3) is 10.8 Å². The maximum Gasteiger partial charge on any atom is 0.322 e. The summed E-state index contributed by atoms with van der Waals surface area (Å²) in [4.78, 5) is 18.7. The van der Waals surface area contributed by atoms with Crippen LogP contribution in [-0.4, -0.2) is 46.6 Å². The van der Waals surface area contributed by atoms with Gasteiger partial charge in [-0.2, -0.15) is 0 Å². The van der Waals surface area contributed by atoms with E-state index in [9.17, 15) is 4.79 Å². The lowest BCUT2D eigenvalue weighted by atomic mass is 10.2. The number of nitrogens with one attached hydrogen (secondary N) is 1.